The van der Waals surface area contributed by atoms with Crippen LogP contribution in [0.15, 0.2) is 54.7 Å². The maximum absolute atomic E-state index is 13.0. The van der Waals surface area contributed by atoms with Crippen LogP contribution in [0, 0.1) is 5.41 Å². The van der Waals surface area contributed by atoms with Crippen molar-refractivity contribution in [2.75, 3.05) is 20.1 Å². The Morgan fingerprint density at radius 1 is 1.06 bits per heavy atom. The first-order chi connectivity index (χ1) is 15.7. The van der Waals surface area contributed by atoms with Crippen molar-refractivity contribution in [2.45, 2.75) is 46.2 Å². The molecule has 4 rings (SSSR count). The number of hydrogen-bond donors (Lipinski definition) is 0. The second-order valence-corrected chi connectivity index (χ2v) is 9.76. The number of rotatable bonds is 5. The molecule has 2 heterocycles. The van der Waals surface area contributed by atoms with E-state index in [1.54, 1.807) is 5.06 Å². The van der Waals surface area contributed by atoms with Crippen molar-refractivity contribution in [1.29, 1.82) is 0 Å². The number of aromatic nitrogens is 2. The molecule has 0 saturated carbocycles. The SMILES string of the molecule is CN(C(=O)c1ccc(Cn2ncc3ccccc32)cc1)C1CCN(OC(=O)C(C)(C)C)CC1. The molecule has 1 fully saturated rings. The predicted octanol–water partition coefficient (Wildman–Crippen LogP) is 4.13. The minimum atomic E-state index is -0.527. The molecule has 1 aromatic heterocycles. The van der Waals surface area contributed by atoms with E-state index < -0.39 is 5.41 Å². The summed E-state index contributed by atoms with van der Waals surface area (Å²) in [7, 11) is 1.85. The van der Waals surface area contributed by atoms with Gasteiger partial charge >= 0.3 is 5.97 Å². The van der Waals surface area contributed by atoms with Crippen LogP contribution >= 0.6 is 0 Å². The van der Waals surface area contributed by atoms with E-state index in [1.165, 1.54) is 0 Å². The molecule has 7 heteroatoms. The smallest absolute Gasteiger partial charge is 0.330 e. The summed E-state index contributed by atoms with van der Waals surface area (Å²) in [6.07, 6.45) is 3.41. The Morgan fingerprint density at radius 3 is 2.39 bits per heavy atom. The molecule has 1 aliphatic heterocycles. The summed E-state index contributed by atoms with van der Waals surface area (Å²) in [6, 6.07) is 16.0. The van der Waals surface area contributed by atoms with Gasteiger partial charge in [-0.2, -0.15) is 5.10 Å². The van der Waals surface area contributed by atoms with Crippen LogP contribution in [0.4, 0.5) is 0 Å². The predicted molar refractivity (Wildman–Crippen MR) is 128 cm³/mol. The monoisotopic (exact) mass is 448 g/mol. The number of benzene rings is 2. The first-order valence-electron chi connectivity index (χ1n) is 11.5. The largest absolute Gasteiger partial charge is 0.367 e. The van der Waals surface area contributed by atoms with E-state index >= 15 is 0 Å². The van der Waals surface area contributed by atoms with Crippen LogP contribution < -0.4 is 0 Å². The van der Waals surface area contributed by atoms with Crippen LogP contribution in [0.25, 0.3) is 10.9 Å². The number of para-hydroxylation sites is 1. The Kier molecular flexibility index (Phi) is 6.51. The zero-order valence-corrected chi connectivity index (χ0v) is 19.8. The van der Waals surface area contributed by atoms with Crippen LogP contribution in [0.2, 0.25) is 0 Å². The highest BCUT2D eigenvalue weighted by Gasteiger charge is 2.30. The average Bonchev–Trinajstić information content (AvgIpc) is 3.21. The minimum absolute atomic E-state index is 0.0104. The summed E-state index contributed by atoms with van der Waals surface area (Å²) < 4.78 is 1.97. The van der Waals surface area contributed by atoms with Gasteiger partial charge in [0.1, 0.15) is 0 Å². The van der Waals surface area contributed by atoms with Gasteiger partial charge in [-0.15, -0.1) is 5.06 Å². The molecule has 0 atom stereocenters. The number of carbonyl (C=O) groups is 2. The van der Waals surface area contributed by atoms with E-state index in [9.17, 15) is 9.59 Å². The standard InChI is InChI=1S/C26H32N4O3/c1-26(2,3)25(32)33-29-15-13-22(14-16-29)28(4)24(31)20-11-9-19(10-12-20)18-30-23-8-6-5-7-21(23)17-27-30/h5-12,17,22H,13-16,18H2,1-4H3. The fraction of sp³-hybridized carbons (Fsp3) is 0.423. The topological polar surface area (TPSA) is 67.7 Å². The van der Waals surface area contributed by atoms with Gasteiger partial charge in [-0.25, -0.2) is 4.79 Å². The van der Waals surface area contributed by atoms with Crippen molar-refractivity contribution in [3.8, 4) is 0 Å². The second kappa shape index (κ2) is 9.35. The molecule has 0 aliphatic carbocycles. The van der Waals surface area contributed by atoms with E-state index in [0.29, 0.717) is 25.2 Å². The van der Waals surface area contributed by atoms with Gasteiger partial charge in [0.2, 0.25) is 0 Å². The molecular formula is C26H32N4O3. The lowest BCUT2D eigenvalue weighted by atomic mass is 9.97. The summed E-state index contributed by atoms with van der Waals surface area (Å²) in [5.74, 6) is -0.218. The minimum Gasteiger partial charge on any atom is -0.367 e. The molecule has 2 aromatic carbocycles. The van der Waals surface area contributed by atoms with Crippen LogP contribution in [0.3, 0.4) is 0 Å². The second-order valence-electron chi connectivity index (χ2n) is 9.76. The summed E-state index contributed by atoms with van der Waals surface area (Å²) in [5, 5.41) is 7.32. The summed E-state index contributed by atoms with van der Waals surface area (Å²) in [6.45, 7) is 7.44. The Bertz CT molecular complexity index is 1120. The third-order valence-electron chi connectivity index (χ3n) is 6.20. The third kappa shape index (κ3) is 5.25. The van der Waals surface area contributed by atoms with E-state index in [-0.39, 0.29) is 17.9 Å². The first kappa shape index (κ1) is 23.0. The van der Waals surface area contributed by atoms with Crippen molar-refractivity contribution in [3.05, 3.63) is 65.9 Å². The Morgan fingerprint density at radius 2 is 1.73 bits per heavy atom. The lowest BCUT2D eigenvalue weighted by Gasteiger charge is -2.36. The average molecular weight is 449 g/mol. The van der Waals surface area contributed by atoms with Crippen molar-refractivity contribution in [2.24, 2.45) is 5.41 Å². The molecule has 0 N–H and O–H groups in total. The van der Waals surface area contributed by atoms with Gasteiger partial charge in [-0.05, 0) is 57.4 Å². The molecule has 1 aliphatic rings. The lowest BCUT2D eigenvalue weighted by molar-refractivity contribution is -0.205. The van der Waals surface area contributed by atoms with Gasteiger partial charge in [0.25, 0.3) is 5.91 Å². The Labute approximate surface area is 194 Å². The molecule has 1 amide bonds. The van der Waals surface area contributed by atoms with Crippen LogP contribution in [0.1, 0.15) is 49.5 Å². The molecule has 1 saturated heterocycles. The van der Waals surface area contributed by atoms with Crippen molar-refractivity contribution >= 4 is 22.8 Å². The summed E-state index contributed by atoms with van der Waals surface area (Å²) in [5.41, 5.74) is 2.34. The fourth-order valence-corrected chi connectivity index (χ4v) is 4.02. The molecule has 7 nitrogen and oxygen atoms in total. The highest BCUT2D eigenvalue weighted by atomic mass is 16.7. The normalized spacial score (nSPS) is 15.5. The summed E-state index contributed by atoms with van der Waals surface area (Å²) in [4.78, 5) is 32.5. The maximum Gasteiger partial charge on any atom is 0.330 e. The zero-order chi connectivity index (χ0) is 23.6. The van der Waals surface area contributed by atoms with E-state index in [1.807, 2.05) is 80.0 Å². The van der Waals surface area contributed by atoms with Gasteiger partial charge in [0.15, 0.2) is 0 Å². The fourth-order valence-electron chi connectivity index (χ4n) is 4.02. The van der Waals surface area contributed by atoms with Gasteiger partial charge in [0.05, 0.1) is 23.7 Å². The van der Waals surface area contributed by atoms with Gasteiger partial charge < -0.3 is 9.74 Å². The highest BCUT2D eigenvalue weighted by Crippen LogP contribution is 2.22. The van der Waals surface area contributed by atoms with E-state index in [4.69, 9.17) is 4.84 Å². The third-order valence-corrected chi connectivity index (χ3v) is 6.20. The lowest BCUT2D eigenvalue weighted by Crippen LogP contribution is -2.46. The van der Waals surface area contributed by atoms with Crippen LogP contribution in [-0.4, -0.2) is 57.8 Å². The van der Waals surface area contributed by atoms with E-state index in [2.05, 4.69) is 17.2 Å². The number of fused-ring (bicyclic) bond motifs is 1. The number of hydroxylamine groups is 2. The first-order valence-corrected chi connectivity index (χ1v) is 11.5. The van der Waals surface area contributed by atoms with Gasteiger partial charge in [-0.1, -0.05) is 30.3 Å². The molecule has 33 heavy (non-hydrogen) atoms. The van der Waals surface area contributed by atoms with Crippen molar-refractivity contribution < 1.29 is 14.4 Å². The summed E-state index contributed by atoms with van der Waals surface area (Å²) >= 11 is 0. The maximum atomic E-state index is 13.0. The molecule has 0 spiro atoms. The number of hydrogen-bond acceptors (Lipinski definition) is 5. The Hall–Kier alpha value is -3.19. The van der Waals surface area contributed by atoms with Crippen molar-refractivity contribution in [1.82, 2.24) is 19.7 Å². The van der Waals surface area contributed by atoms with E-state index in [0.717, 1.165) is 29.3 Å². The zero-order valence-electron chi connectivity index (χ0n) is 19.8. The quantitative estimate of drug-likeness (QED) is 0.587. The molecule has 0 unspecified atom stereocenters. The highest BCUT2D eigenvalue weighted by molar-refractivity contribution is 5.94. The van der Waals surface area contributed by atoms with Gasteiger partial charge in [0, 0.05) is 37.1 Å². The molecule has 174 valence electrons. The Balaban J connectivity index is 1.33. The number of carbonyl (C=O) groups excluding carboxylic acids is 2. The molecule has 3 aromatic rings. The van der Waals surface area contributed by atoms with Crippen molar-refractivity contribution in [3.63, 3.8) is 0 Å². The number of piperidine rings is 1. The van der Waals surface area contributed by atoms with Crippen LogP contribution in [-0.2, 0) is 16.2 Å². The number of nitrogens with zero attached hydrogens (tertiary/aromatic N) is 4. The van der Waals surface area contributed by atoms with Gasteiger partial charge in [-0.3, -0.25) is 9.48 Å². The number of amides is 1. The van der Waals surface area contributed by atoms with Crippen LogP contribution in [0.5, 0.6) is 0 Å². The molecule has 0 radical (unpaired) electrons. The molecular weight excluding hydrogens is 416 g/mol. The molecule has 0 bridgehead atoms.